The minimum atomic E-state index is -4.08. The highest BCUT2D eigenvalue weighted by Crippen LogP contribution is 2.49. The summed E-state index contributed by atoms with van der Waals surface area (Å²) in [6, 6.07) is 6.75. The minimum Gasteiger partial charge on any atom is -0.313 e. The van der Waals surface area contributed by atoms with E-state index in [0.29, 0.717) is 6.07 Å². The highest BCUT2D eigenvalue weighted by molar-refractivity contribution is 5.40. The van der Waals surface area contributed by atoms with Gasteiger partial charge in [-0.25, -0.2) is 22.8 Å². The second-order valence-electron chi connectivity index (χ2n) is 7.63. The van der Waals surface area contributed by atoms with Crippen LogP contribution in [0.2, 0.25) is 0 Å². The van der Waals surface area contributed by atoms with Crippen LogP contribution in [0.4, 0.5) is 22.0 Å². The van der Waals surface area contributed by atoms with Crippen molar-refractivity contribution < 1.29 is 27.2 Å². The summed E-state index contributed by atoms with van der Waals surface area (Å²) in [4.78, 5) is 7.58. The van der Waals surface area contributed by atoms with Crippen molar-refractivity contribution in [2.75, 3.05) is 7.05 Å². The lowest BCUT2D eigenvalue weighted by molar-refractivity contribution is -0.264. The first kappa shape index (κ1) is 24.8. The van der Waals surface area contributed by atoms with Gasteiger partial charge in [0.1, 0.15) is 35.2 Å². The minimum absolute atomic E-state index is 0.126. The van der Waals surface area contributed by atoms with Gasteiger partial charge >= 0.3 is 5.92 Å². The van der Waals surface area contributed by atoms with E-state index in [0.717, 1.165) is 48.6 Å². The van der Waals surface area contributed by atoms with Crippen molar-refractivity contribution >= 4 is 0 Å². The molecule has 4 aromatic rings. The molecular formula is C23H16F5N7O. The van der Waals surface area contributed by atoms with Gasteiger partial charge in [0.25, 0.3) is 0 Å². The summed E-state index contributed by atoms with van der Waals surface area (Å²) in [5.74, 6) is -1.61. The quantitative estimate of drug-likeness (QED) is 0.246. The van der Waals surface area contributed by atoms with Gasteiger partial charge in [0.2, 0.25) is 0 Å². The summed E-state index contributed by atoms with van der Waals surface area (Å²) >= 11 is 0. The second-order valence-corrected chi connectivity index (χ2v) is 7.63. The lowest BCUT2D eigenvalue weighted by atomic mass is 9.80. The van der Waals surface area contributed by atoms with Gasteiger partial charge in [-0.05, 0) is 46.7 Å². The fourth-order valence-corrected chi connectivity index (χ4v) is 3.60. The molecule has 184 valence electrons. The van der Waals surface area contributed by atoms with Gasteiger partial charge in [0.15, 0.2) is 5.54 Å². The Balaban J connectivity index is 1.79. The van der Waals surface area contributed by atoms with Gasteiger partial charge in [-0.15, -0.1) is 5.10 Å². The molecule has 0 saturated heterocycles. The van der Waals surface area contributed by atoms with Gasteiger partial charge in [0, 0.05) is 30.4 Å². The molecule has 8 nitrogen and oxygen atoms in total. The molecule has 0 fully saturated rings. The zero-order valence-corrected chi connectivity index (χ0v) is 18.4. The van der Waals surface area contributed by atoms with Crippen molar-refractivity contribution in [1.29, 1.82) is 0 Å². The number of pyridine rings is 2. The number of aromatic nitrogens is 6. The standard InChI is InChI=1S/C23H16F5N7O/c1-34(36)22(13-35-14-31-32-33-35,19-8-5-16(24)10-20(19)26)23(27,28)21-9-3-15(11-30-21)2-6-18-7-4-17(25)12-29-18/h3-5,7-12,14,36H,13H2,1H3. The molecule has 0 bridgehead atoms. The smallest absolute Gasteiger partial charge is 0.313 e. The number of alkyl halides is 2. The van der Waals surface area contributed by atoms with Gasteiger partial charge in [-0.2, -0.15) is 13.8 Å². The predicted molar refractivity (Wildman–Crippen MR) is 114 cm³/mol. The molecule has 0 aliphatic heterocycles. The third-order valence-corrected chi connectivity index (χ3v) is 5.38. The Kier molecular flexibility index (Phi) is 6.73. The largest absolute Gasteiger partial charge is 0.315 e. The normalized spacial score (nSPS) is 13.2. The molecule has 1 unspecified atom stereocenters. The van der Waals surface area contributed by atoms with Crippen LogP contribution in [0, 0.1) is 29.3 Å². The van der Waals surface area contributed by atoms with E-state index in [9.17, 15) is 18.4 Å². The molecular weight excluding hydrogens is 485 g/mol. The molecule has 36 heavy (non-hydrogen) atoms. The SMILES string of the molecule is CN(O)C(Cn1cnnn1)(c1ccc(F)cc1F)C(F)(F)c1ccc(C#Cc2ccc(F)cn2)cn1. The Morgan fingerprint density at radius 3 is 2.33 bits per heavy atom. The van der Waals surface area contributed by atoms with Crippen LogP contribution in [0.25, 0.3) is 0 Å². The summed E-state index contributed by atoms with van der Waals surface area (Å²) in [5, 5.41) is 21.0. The number of hydrogen-bond donors (Lipinski definition) is 1. The van der Waals surface area contributed by atoms with E-state index in [-0.39, 0.29) is 16.3 Å². The first-order valence-corrected chi connectivity index (χ1v) is 10.2. The van der Waals surface area contributed by atoms with Crippen molar-refractivity contribution in [2.24, 2.45) is 0 Å². The highest BCUT2D eigenvalue weighted by Gasteiger charge is 2.61. The Bertz CT molecular complexity index is 1400. The van der Waals surface area contributed by atoms with Crippen molar-refractivity contribution in [3.63, 3.8) is 0 Å². The Labute approximate surface area is 201 Å². The zero-order valence-electron chi connectivity index (χ0n) is 18.4. The topological polar surface area (TPSA) is 92.8 Å². The van der Waals surface area contributed by atoms with Crippen LogP contribution in [0.1, 0.15) is 22.5 Å². The highest BCUT2D eigenvalue weighted by atomic mass is 19.3. The van der Waals surface area contributed by atoms with Gasteiger partial charge in [-0.1, -0.05) is 12.0 Å². The molecule has 0 aliphatic carbocycles. The van der Waals surface area contributed by atoms with E-state index in [2.05, 4.69) is 37.3 Å². The van der Waals surface area contributed by atoms with E-state index >= 15 is 8.78 Å². The van der Waals surface area contributed by atoms with Crippen molar-refractivity contribution in [1.82, 2.24) is 35.2 Å². The van der Waals surface area contributed by atoms with Crippen molar-refractivity contribution in [3.8, 4) is 11.8 Å². The molecule has 0 saturated carbocycles. The fourth-order valence-electron chi connectivity index (χ4n) is 3.60. The average Bonchev–Trinajstić information content (AvgIpc) is 3.36. The molecule has 13 heteroatoms. The maximum absolute atomic E-state index is 16.2. The van der Waals surface area contributed by atoms with E-state index < -0.39 is 46.7 Å². The number of rotatable bonds is 6. The molecule has 3 aromatic heterocycles. The van der Waals surface area contributed by atoms with Crippen LogP contribution >= 0.6 is 0 Å². The van der Waals surface area contributed by atoms with Gasteiger partial charge < -0.3 is 5.21 Å². The fraction of sp³-hybridized carbons (Fsp3) is 0.174. The van der Waals surface area contributed by atoms with E-state index in [1.54, 1.807) is 0 Å². The first-order chi connectivity index (χ1) is 17.1. The molecule has 1 atom stereocenters. The van der Waals surface area contributed by atoms with Crippen molar-refractivity contribution in [3.05, 3.63) is 101 Å². The molecule has 0 spiro atoms. The lowest BCUT2D eigenvalue weighted by Gasteiger charge is -2.43. The van der Waals surface area contributed by atoms with Crippen LogP contribution in [-0.2, 0) is 18.0 Å². The number of benzene rings is 1. The molecule has 0 amide bonds. The Morgan fingerprint density at radius 1 is 0.972 bits per heavy atom. The van der Waals surface area contributed by atoms with Crippen LogP contribution in [0.5, 0.6) is 0 Å². The van der Waals surface area contributed by atoms with E-state index in [4.69, 9.17) is 0 Å². The van der Waals surface area contributed by atoms with Gasteiger partial charge in [0.05, 0.1) is 12.7 Å². The number of halogens is 5. The monoisotopic (exact) mass is 501 g/mol. The number of hydrogen-bond acceptors (Lipinski definition) is 7. The van der Waals surface area contributed by atoms with Crippen LogP contribution in [0.15, 0.2) is 61.2 Å². The Hall–Kier alpha value is -4.28. The maximum Gasteiger partial charge on any atom is 0.315 e. The molecule has 0 aliphatic rings. The summed E-state index contributed by atoms with van der Waals surface area (Å²) in [6.07, 6.45) is 3.04. The van der Waals surface area contributed by atoms with Crippen LogP contribution < -0.4 is 0 Å². The molecule has 1 N–H and O–H groups in total. The predicted octanol–water partition coefficient (Wildman–Crippen LogP) is 3.29. The second kappa shape index (κ2) is 9.76. The average molecular weight is 501 g/mol. The third-order valence-electron chi connectivity index (χ3n) is 5.38. The molecule has 3 heterocycles. The summed E-state index contributed by atoms with van der Waals surface area (Å²) in [6.45, 7) is -0.831. The summed E-state index contributed by atoms with van der Waals surface area (Å²) in [7, 11) is 0.899. The first-order valence-electron chi connectivity index (χ1n) is 10.2. The summed E-state index contributed by atoms with van der Waals surface area (Å²) in [5.41, 5.74) is -3.93. The van der Waals surface area contributed by atoms with Crippen LogP contribution in [0.3, 0.4) is 0 Å². The Morgan fingerprint density at radius 2 is 1.75 bits per heavy atom. The summed E-state index contributed by atoms with van der Waals surface area (Å²) < 4.78 is 74.8. The molecule has 4 rings (SSSR count). The molecule has 0 radical (unpaired) electrons. The zero-order chi connectivity index (χ0) is 25.9. The van der Waals surface area contributed by atoms with Crippen LogP contribution in [-0.4, -0.2) is 47.5 Å². The lowest BCUT2D eigenvalue weighted by Crippen LogP contribution is -2.57. The maximum atomic E-state index is 16.2. The number of likely N-dealkylation sites (N-methyl/N-ethyl adjacent to an activating group) is 1. The molecule has 1 aromatic carbocycles. The number of nitrogens with zero attached hydrogens (tertiary/aromatic N) is 7. The van der Waals surface area contributed by atoms with E-state index in [1.165, 1.54) is 18.2 Å². The third kappa shape index (κ3) is 4.64. The van der Waals surface area contributed by atoms with Crippen molar-refractivity contribution in [2.45, 2.75) is 18.0 Å². The number of tetrazole rings is 1. The number of hydroxylamine groups is 2. The van der Waals surface area contributed by atoms with E-state index in [1.807, 2.05) is 0 Å². The van der Waals surface area contributed by atoms with Gasteiger partial charge in [-0.3, -0.25) is 4.98 Å².